The summed E-state index contributed by atoms with van der Waals surface area (Å²) in [6.45, 7) is 18.5. The van der Waals surface area contributed by atoms with Crippen LogP contribution in [0.1, 0.15) is 229 Å². The lowest BCUT2D eigenvalue weighted by atomic mass is 9.93. The summed E-state index contributed by atoms with van der Waals surface area (Å²) in [5.74, 6) is 0.741. The van der Waals surface area contributed by atoms with Crippen LogP contribution in [0.5, 0.6) is 0 Å². The zero-order valence-electron chi connectivity index (χ0n) is 39.5. The van der Waals surface area contributed by atoms with E-state index < -0.39 is 11.1 Å². The van der Waals surface area contributed by atoms with Crippen molar-refractivity contribution in [3.05, 3.63) is 54.9 Å². The summed E-state index contributed by atoms with van der Waals surface area (Å²) in [6.07, 6.45) is 29.3. The summed E-state index contributed by atoms with van der Waals surface area (Å²) in [7, 11) is 0. The molecule has 2 unspecified atom stereocenters. The molecule has 4 N–H and O–H groups in total. The van der Waals surface area contributed by atoms with Crippen molar-refractivity contribution in [3.8, 4) is 0 Å². The van der Waals surface area contributed by atoms with Crippen molar-refractivity contribution in [1.82, 2.24) is 9.80 Å². The highest BCUT2D eigenvalue weighted by Crippen LogP contribution is 2.50. The van der Waals surface area contributed by atoms with Gasteiger partial charge in [0.15, 0.2) is 0 Å². The zero-order valence-corrected chi connectivity index (χ0v) is 41.2. The van der Waals surface area contributed by atoms with Crippen LogP contribution < -0.4 is 11.5 Å². The second kappa shape index (κ2) is 25.1. The molecular formula is C52H86N4O2S2. The van der Waals surface area contributed by atoms with E-state index in [9.17, 15) is 0 Å². The molecule has 338 valence electrons. The van der Waals surface area contributed by atoms with Gasteiger partial charge in [-0.15, -0.1) is 22.7 Å². The topological polar surface area (TPSA) is 92.7 Å². The molecule has 2 amide bonds. The van der Waals surface area contributed by atoms with Crippen molar-refractivity contribution < 1.29 is 9.59 Å². The third-order valence-corrected chi connectivity index (χ3v) is 15.7. The Morgan fingerprint density at radius 3 is 1.03 bits per heavy atom. The van der Waals surface area contributed by atoms with Gasteiger partial charge >= 0.3 is 0 Å². The lowest BCUT2D eigenvalue weighted by Gasteiger charge is -2.29. The molecule has 60 heavy (non-hydrogen) atoms. The fraction of sp³-hybridized carbons (Fsp3) is 0.731. The van der Waals surface area contributed by atoms with Gasteiger partial charge in [0.05, 0.1) is 32.3 Å². The monoisotopic (exact) mass is 863 g/mol. The van der Waals surface area contributed by atoms with Gasteiger partial charge in [0.1, 0.15) is 0 Å². The van der Waals surface area contributed by atoms with E-state index in [-0.39, 0.29) is 11.8 Å². The van der Waals surface area contributed by atoms with E-state index in [1.54, 1.807) is 22.7 Å². The maximum absolute atomic E-state index is 15.4. The van der Waals surface area contributed by atoms with Gasteiger partial charge < -0.3 is 21.3 Å². The van der Waals surface area contributed by atoms with Crippen LogP contribution in [0.25, 0.3) is 11.4 Å². The Bertz CT molecular complexity index is 1550. The minimum absolute atomic E-state index is 0.00769. The average Bonchev–Trinajstić information content (AvgIpc) is 4.00. The van der Waals surface area contributed by atoms with E-state index in [4.69, 9.17) is 11.5 Å². The molecule has 0 aliphatic carbocycles. The number of hydrogen-bond donors (Lipinski definition) is 2. The van der Waals surface area contributed by atoms with E-state index in [1.807, 2.05) is 37.5 Å². The van der Waals surface area contributed by atoms with Gasteiger partial charge in [0.2, 0.25) is 0 Å². The third kappa shape index (κ3) is 14.4. The van der Waals surface area contributed by atoms with Crippen LogP contribution in [0.4, 0.5) is 0 Å². The third-order valence-electron chi connectivity index (χ3n) is 12.9. The fourth-order valence-corrected chi connectivity index (χ4v) is 11.4. The second-order valence-electron chi connectivity index (χ2n) is 19.6. The number of hydrogen-bond acceptors (Lipinski definition) is 6. The summed E-state index contributed by atoms with van der Waals surface area (Å²) in [4.78, 5) is 39.0. The Labute approximate surface area is 375 Å². The van der Waals surface area contributed by atoms with Gasteiger partial charge in [0.25, 0.3) is 11.8 Å². The highest BCUT2D eigenvalue weighted by Gasteiger charge is 2.50. The summed E-state index contributed by atoms with van der Waals surface area (Å²) in [6, 6.07) is 8.45. The molecule has 2 aliphatic heterocycles. The Balaban J connectivity index is 1.81. The van der Waals surface area contributed by atoms with E-state index in [1.165, 1.54) is 128 Å². The zero-order chi connectivity index (χ0) is 43.7. The van der Waals surface area contributed by atoms with E-state index >= 15 is 9.59 Å². The summed E-state index contributed by atoms with van der Waals surface area (Å²) in [5.41, 5.74) is 15.2. The van der Waals surface area contributed by atoms with Crippen LogP contribution in [0, 0.1) is 11.8 Å². The van der Waals surface area contributed by atoms with E-state index in [0.717, 1.165) is 56.6 Å². The number of amides is 2. The molecule has 0 bridgehead atoms. The number of fused-ring (bicyclic) bond motifs is 1. The Morgan fingerprint density at radius 1 is 0.467 bits per heavy atom. The number of carbonyl (C=O) groups is 2. The van der Waals surface area contributed by atoms with Crippen molar-refractivity contribution in [2.45, 2.75) is 221 Å². The molecule has 6 nitrogen and oxygen atoms in total. The van der Waals surface area contributed by atoms with Crippen molar-refractivity contribution in [3.63, 3.8) is 0 Å². The first kappa shape index (κ1) is 50.4. The number of carbonyl (C=O) groups excluding carboxylic acids is 2. The highest BCUT2D eigenvalue weighted by atomic mass is 32.1. The largest absolute Gasteiger partial charge is 0.321 e. The molecule has 0 spiro atoms. The van der Waals surface area contributed by atoms with Gasteiger partial charge in [-0.3, -0.25) is 9.59 Å². The predicted octanol–water partition coefficient (Wildman–Crippen LogP) is 14.7. The second-order valence-corrected chi connectivity index (χ2v) is 21.8. The first-order chi connectivity index (χ1) is 28.8. The van der Waals surface area contributed by atoms with Crippen molar-refractivity contribution in [2.75, 3.05) is 13.1 Å². The smallest absolute Gasteiger partial charge is 0.261 e. The minimum Gasteiger partial charge on any atom is -0.321 e. The predicted molar refractivity (Wildman–Crippen MR) is 261 cm³/mol. The maximum Gasteiger partial charge on any atom is 0.261 e. The van der Waals surface area contributed by atoms with Crippen LogP contribution in [-0.4, -0.2) is 34.7 Å². The molecule has 0 fully saturated rings. The van der Waals surface area contributed by atoms with Crippen LogP contribution in [0.2, 0.25) is 0 Å². The van der Waals surface area contributed by atoms with Gasteiger partial charge in [-0.25, -0.2) is 0 Å². The number of rotatable bonds is 32. The summed E-state index contributed by atoms with van der Waals surface area (Å²) >= 11 is 3.29. The molecule has 2 aromatic heterocycles. The molecule has 0 saturated carbocycles. The van der Waals surface area contributed by atoms with Gasteiger partial charge in [0, 0.05) is 33.9 Å². The minimum atomic E-state index is -0.527. The van der Waals surface area contributed by atoms with Crippen molar-refractivity contribution in [1.29, 1.82) is 0 Å². The Hall–Kier alpha value is -2.26. The molecule has 0 saturated heterocycles. The maximum atomic E-state index is 15.4. The fourth-order valence-electron chi connectivity index (χ4n) is 9.20. The van der Waals surface area contributed by atoms with Crippen LogP contribution >= 0.6 is 22.7 Å². The summed E-state index contributed by atoms with van der Waals surface area (Å²) in [5, 5.41) is 0. The van der Waals surface area contributed by atoms with Crippen molar-refractivity contribution >= 4 is 45.9 Å². The first-order valence-corrected chi connectivity index (χ1v) is 26.3. The average molecular weight is 863 g/mol. The number of thiophene rings is 2. The molecular weight excluding hydrogens is 777 g/mol. The van der Waals surface area contributed by atoms with Gasteiger partial charge in [-0.1, -0.05) is 156 Å². The molecule has 2 aliphatic rings. The molecule has 4 heterocycles. The first-order valence-electron chi connectivity index (χ1n) is 24.7. The van der Waals surface area contributed by atoms with E-state index in [0.29, 0.717) is 36.1 Å². The van der Waals surface area contributed by atoms with Crippen LogP contribution in [0.15, 0.2) is 35.4 Å². The molecule has 4 rings (SSSR count). The number of nitrogens with zero attached hydrogens (tertiary/aromatic N) is 2. The Morgan fingerprint density at radius 2 is 0.750 bits per heavy atom. The molecule has 2 aromatic rings. The van der Waals surface area contributed by atoms with Gasteiger partial charge in [-0.05, 0) is 89.5 Å². The number of nitrogens with two attached hydrogens (primary N) is 2. The Kier molecular flexibility index (Phi) is 21.1. The molecule has 0 radical (unpaired) electrons. The normalized spacial score (nSPS) is 16.0. The molecule has 2 atom stereocenters. The number of unbranched alkanes of at least 4 members (excludes halogenated alkanes) is 16. The highest BCUT2D eigenvalue weighted by molar-refractivity contribution is 7.13. The van der Waals surface area contributed by atoms with Crippen molar-refractivity contribution in [2.24, 2.45) is 23.3 Å². The molecule has 8 heteroatoms. The lowest BCUT2D eigenvalue weighted by Crippen LogP contribution is -2.34. The lowest BCUT2D eigenvalue weighted by molar-refractivity contribution is -0.124. The SMILES string of the molecule is CCCCCCCCC(CCCCCC)CN1C(=O)C2=C(c3ccc(C(C)(C)N)s3)N(CC(CCCCCC)CCCCCCCC)C(=O)C2=C1c1ccc(C(C)(C)N)s1. The quantitative estimate of drug-likeness (QED) is 0.0717. The van der Waals surface area contributed by atoms with Gasteiger partial charge in [-0.2, -0.15) is 0 Å². The van der Waals surface area contributed by atoms with Crippen LogP contribution in [-0.2, 0) is 20.7 Å². The summed E-state index contributed by atoms with van der Waals surface area (Å²) < 4.78 is 0. The van der Waals surface area contributed by atoms with Crippen LogP contribution in [0.3, 0.4) is 0 Å². The van der Waals surface area contributed by atoms with E-state index in [2.05, 4.69) is 52.0 Å². The standard InChI is InChI=1S/C52H86N4O2S2/c1-9-13-17-21-23-27-31-39(29-25-19-15-11-3)37-55-47(41-33-35-43(59-41)51(5,6)53)45-46(49(55)57)48(42-34-36-44(60-42)52(7,8)54)56(50(45)58)38-40(30-26-20-16-12-4)32-28-24-22-18-14-10-2/h33-36,39-40H,9-32,37-38,53-54H2,1-8H3. The molecule has 0 aromatic carbocycles.